The number of para-hydroxylation sites is 1. The zero-order valence-electron chi connectivity index (χ0n) is 13.0. The van der Waals surface area contributed by atoms with E-state index in [0.717, 1.165) is 42.5 Å². The van der Waals surface area contributed by atoms with Crippen LogP contribution >= 0.6 is 0 Å². The van der Waals surface area contributed by atoms with Gasteiger partial charge in [0.2, 0.25) is 0 Å². The van der Waals surface area contributed by atoms with E-state index in [-0.39, 0.29) is 12.1 Å². The highest BCUT2D eigenvalue weighted by molar-refractivity contribution is 5.97. The van der Waals surface area contributed by atoms with Crippen LogP contribution in [-0.2, 0) is 4.79 Å². The van der Waals surface area contributed by atoms with Crippen LogP contribution in [-0.4, -0.2) is 5.91 Å². The normalized spacial score (nSPS) is 21.0. The molecule has 1 amide bonds. The van der Waals surface area contributed by atoms with Gasteiger partial charge in [0, 0.05) is 17.0 Å². The Hall–Kier alpha value is -2.55. The predicted molar refractivity (Wildman–Crippen MR) is 91.7 cm³/mol. The maximum absolute atomic E-state index is 12.6. The van der Waals surface area contributed by atoms with Crippen LogP contribution in [0.5, 0.6) is 0 Å². The topological polar surface area (TPSA) is 32.3 Å². The Balaban J connectivity index is 1.86. The summed E-state index contributed by atoms with van der Waals surface area (Å²) in [5, 5.41) is 3.21. The van der Waals surface area contributed by atoms with Crippen LogP contribution in [0.2, 0.25) is 0 Å². The fraction of sp³-hybridized carbons (Fsp3) is 0.250. The van der Waals surface area contributed by atoms with Crippen LogP contribution in [0.15, 0.2) is 71.9 Å². The Morgan fingerprint density at radius 2 is 1.52 bits per heavy atom. The molecule has 1 atom stereocenters. The number of benzene rings is 2. The van der Waals surface area contributed by atoms with E-state index in [1.807, 2.05) is 24.3 Å². The van der Waals surface area contributed by atoms with Gasteiger partial charge in [-0.15, -0.1) is 0 Å². The van der Waals surface area contributed by atoms with Crippen LogP contribution in [0, 0.1) is 0 Å². The molecule has 0 aromatic heterocycles. The van der Waals surface area contributed by atoms with Gasteiger partial charge in [-0.05, 0) is 43.4 Å². The Labute approximate surface area is 136 Å². The minimum atomic E-state index is -0.136. The van der Waals surface area contributed by atoms with Gasteiger partial charge in [0.1, 0.15) is 6.17 Å². The van der Waals surface area contributed by atoms with Gasteiger partial charge in [-0.2, -0.15) is 0 Å². The van der Waals surface area contributed by atoms with Crippen molar-refractivity contribution in [2.45, 2.75) is 31.8 Å². The molecule has 3 nitrogen and oxygen atoms in total. The molecule has 0 radical (unpaired) electrons. The molecule has 1 aliphatic heterocycles. The first-order chi connectivity index (χ1) is 11.3. The number of anilines is 1. The van der Waals surface area contributed by atoms with Gasteiger partial charge in [-0.1, -0.05) is 48.5 Å². The molecule has 0 spiro atoms. The van der Waals surface area contributed by atoms with Crippen LogP contribution < -0.4 is 10.2 Å². The molecule has 1 aliphatic carbocycles. The Morgan fingerprint density at radius 3 is 2.26 bits per heavy atom. The second-order valence-electron chi connectivity index (χ2n) is 6.12. The number of carbonyl (C=O) groups excluding carboxylic acids is 1. The molecule has 23 heavy (non-hydrogen) atoms. The third-order valence-electron chi connectivity index (χ3n) is 4.68. The lowest BCUT2D eigenvalue weighted by Gasteiger charge is -2.42. The number of allylic oxidation sites excluding steroid dienone is 1. The van der Waals surface area contributed by atoms with Crippen molar-refractivity contribution in [2.75, 3.05) is 4.90 Å². The molecule has 1 heterocycles. The number of amides is 1. The molecule has 2 aromatic carbocycles. The number of hydrogen-bond donors (Lipinski definition) is 1. The first kappa shape index (κ1) is 14.1. The first-order valence-electron chi connectivity index (χ1n) is 8.27. The molecular weight excluding hydrogens is 284 g/mol. The van der Waals surface area contributed by atoms with E-state index in [1.165, 1.54) is 5.70 Å². The van der Waals surface area contributed by atoms with Crippen LogP contribution in [0.1, 0.15) is 37.4 Å². The van der Waals surface area contributed by atoms with Crippen molar-refractivity contribution in [2.24, 2.45) is 0 Å². The van der Waals surface area contributed by atoms with Gasteiger partial charge in [0.25, 0.3) is 5.91 Å². The van der Waals surface area contributed by atoms with Gasteiger partial charge < -0.3 is 10.2 Å². The Kier molecular flexibility index (Phi) is 3.62. The quantitative estimate of drug-likeness (QED) is 0.904. The molecule has 4 rings (SSSR count). The summed E-state index contributed by atoms with van der Waals surface area (Å²) in [5.41, 5.74) is 4.41. The molecule has 1 N–H and O–H groups in total. The lowest BCUT2D eigenvalue weighted by atomic mass is 9.91. The summed E-state index contributed by atoms with van der Waals surface area (Å²) in [6.07, 6.45) is 3.97. The van der Waals surface area contributed by atoms with Gasteiger partial charge in [-0.25, -0.2) is 0 Å². The average Bonchev–Trinajstić information content (AvgIpc) is 2.63. The number of nitrogens with zero attached hydrogens (tertiary/aromatic N) is 1. The van der Waals surface area contributed by atoms with Gasteiger partial charge in [-0.3, -0.25) is 4.79 Å². The van der Waals surface area contributed by atoms with Crippen molar-refractivity contribution < 1.29 is 4.79 Å². The number of rotatable bonds is 2. The summed E-state index contributed by atoms with van der Waals surface area (Å²) in [7, 11) is 0. The van der Waals surface area contributed by atoms with Crippen molar-refractivity contribution >= 4 is 11.6 Å². The van der Waals surface area contributed by atoms with E-state index in [9.17, 15) is 4.79 Å². The van der Waals surface area contributed by atoms with E-state index in [4.69, 9.17) is 0 Å². The summed E-state index contributed by atoms with van der Waals surface area (Å²) < 4.78 is 0. The molecular formula is C20H20N2O. The second-order valence-corrected chi connectivity index (χ2v) is 6.12. The van der Waals surface area contributed by atoms with E-state index >= 15 is 0 Å². The summed E-state index contributed by atoms with van der Waals surface area (Å²) >= 11 is 0. The number of carbonyl (C=O) groups is 1. The second kappa shape index (κ2) is 5.92. The summed E-state index contributed by atoms with van der Waals surface area (Å²) in [4.78, 5) is 14.9. The molecule has 0 fully saturated rings. The van der Waals surface area contributed by atoms with E-state index in [0.29, 0.717) is 0 Å². The predicted octanol–water partition coefficient (Wildman–Crippen LogP) is 4.15. The van der Waals surface area contributed by atoms with Crippen LogP contribution in [0.3, 0.4) is 0 Å². The van der Waals surface area contributed by atoms with Crippen LogP contribution in [0.25, 0.3) is 0 Å². The molecule has 1 unspecified atom stereocenters. The third-order valence-corrected chi connectivity index (χ3v) is 4.68. The molecule has 0 saturated carbocycles. The highest BCUT2D eigenvalue weighted by Crippen LogP contribution is 2.39. The SMILES string of the molecule is O=C1NC(c2ccccc2)N(c2ccccc2)C2=C1CCCC2. The van der Waals surface area contributed by atoms with Gasteiger partial charge >= 0.3 is 0 Å². The zero-order chi connectivity index (χ0) is 15.6. The minimum absolute atomic E-state index is 0.0979. The van der Waals surface area contributed by atoms with Crippen molar-refractivity contribution in [1.82, 2.24) is 5.32 Å². The molecule has 0 saturated heterocycles. The molecule has 2 aromatic rings. The molecule has 116 valence electrons. The maximum atomic E-state index is 12.6. The molecule has 2 aliphatic rings. The number of hydrogen-bond acceptors (Lipinski definition) is 2. The Morgan fingerprint density at radius 1 is 0.870 bits per heavy atom. The summed E-state index contributed by atoms with van der Waals surface area (Å²) in [6.45, 7) is 0. The zero-order valence-corrected chi connectivity index (χ0v) is 13.0. The standard InChI is InChI=1S/C20H20N2O/c23-20-17-13-7-8-14-18(17)22(16-11-5-2-6-12-16)19(21-20)15-9-3-1-4-10-15/h1-6,9-12,19H,7-8,13-14H2,(H,21,23). The smallest absolute Gasteiger partial charge is 0.250 e. The summed E-state index contributed by atoms with van der Waals surface area (Å²) in [5.74, 6) is 0.0979. The lowest BCUT2D eigenvalue weighted by Crippen LogP contribution is -2.48. The van der Waals surface area contributed by atoms with Gasteiger partial charge in [0.05, 0.1) is 0 Å². The highest BCUT2D eigenvalue weighted by atomic mass is 16.2. The van der Waals surface area contributed by atoms with E-state index in [1.54, 1.807) is 0 Å². The van der Waals surface area contributed by atoms with Crippen molar-refractivity contribution in [1.29, 1.82) is 0 Å². The fourth-order valence-electron chi connectivity index (χ4n) is 3.59. The van der Waals surface area contributed by atoms with Crippen molar-refractivity contribution in [3.63, 3.8) is 0 Å². The van der Waals surface area contributed by atoms with Gasteiger partial charge in [0.15, 0.2) is 0 Å². The fourth-order valence-corrected chi connectivity index (χ4v) is 3.59. The molecule has 0 bridgehead atoms. The lowest BCUT2D eigenvalue weighted by molar-refractivity contribution is -0.119. The highest BCUT2D eigenvalue weighted by Gasteiger charge is 2.35. The number of nitrogens with one attached hydrogen (secondary N) is 1. The van der Waals surface area contributed by atoms with Crippen molar-refractivity contribution in [3.05, 3.63) is 77.5 Å². The Bertz CT molecular complexity index is 737. The largest absolute Gasteiger partial charge is 0.328 e. The monoisotopic (exact) mass is 304 g/mol. The maximum Gasteiger partial charge on any atom is 0.250 e. The average molecular weight is 304 g/mol. The van der Waals surface area contributed by atoms with E-state index < -0.39 is 0 Å². The van der Waals surface area contributed by atoms with Crippen LogP contribution in [0.4, 0.5) is 5.69 Å². The first-order valence-corrected chi connectivity index (χ1v) is 8.27. The van der Waals surface area contributed by atoms with Crippen molar-refractivity contribution in [3.8, 4) is 0 Å². The minimum Gasteiger partial charge on any atom is -0.328 e. The third kappa shape index (κ3) is 2.52. The molecule has 3 heteroatoms. The summed E-state index contributed by atoms with van der Waals surface area (Å²) in [6, 6.07) is 20.6. The van der Waals surface area contributed by atoms with E-state index in [2.05, 4.69) is 46.6 Å².